The van der Waals surface area contributed by atoms with E-state index in [-0.39, 0.29) is 23.4 Å². The Kier molecular flexibility index (Phi) is 6.13. The van der Waals surface area contributed by atoms with Crippen LogP contribution < -0.4 is 0 Å². The first kappa shape index (κ1) is 18.0. The van der Waals surface area contributed by atoms with E-state index in [0.717, 1.165) is 0 Å². The lowest BCUT2D eigenvalue weighted by molar-refractivity contribution is -0.0383. The second-order valence-corrected chi connectivity index (χ2v) is 12.7. The van der Waals surface area contributed by atoms with Gasteiger partial charge in [-0.15, -0.1) is 0 Å². The smallest absolute Gasteiger partial charge is 0.220 e. The first-order valence-electron chi connectivity index (χ1n) is 6.83. The summed E-state index contributed by atoms with van der Waals surface area (Å²) in [6, 6.07) is 0. The fourth-order valence-corrected chi connectivity index (χ4v) is 3.21. The molecule has 116 valence electrons. The van der Waals surface area contributed by atoms with E-state index < -0.39 is 8.32 Å². The Balaban J connectivity index is 2.86. The first-order valence-corrected chi connectivity index (χ1v) is 11.4. The van der Waals surface area contributed by atoms with Gasteiger partial charge in [0.2, 0.25) is 4.38 Å². The summed E-state index contributed by atoms with van der Waals surface area (Å²) in [7, 11) is -1.86. The summed E-state index contributed by atoms with van der Waals surface area (Å²) in [6.07, 6.45) is 5.20. The molecule has 0 spiro atoms. The van der Waals surface area contributed by atoms with Gasteiger partial charge in [0.05, 0.1) is 6.26 Å². The Morgan fingerprint density at radius 1 is 1.35 bits per heavy atom. The van der Waals surface area contributed by atoms with Gasteiger partial charge >= 0.3 is 0 Å². The third kappa shape index (κ3) is 4.48. The van der Waals surface area contributed by atoms with E-state index in [1.165, 1.54) is 11.8 Å². The predicted molar refractivity (Wildman–Crippen MR) is 92.7 cm³/mol. The number of hydrogen-bond acceptors (Lipinski definition) is 5. The highest BCUT2D eigenvalue weighted by atomic mass is 32.2. The minimum atomic E-state index is -1.86. The van der Waals surface area contributed by atoms with Crippen molar-refractivity contribution in [1.29, 1.82) is 0 Å². The number of thioether (sulfide) groups is 1. The zero-order valence-corrected chi connectivity index (χ0v) is 16.1. The van der Waals surface area contributed by atoms with Crippen LogP contribution in [0.5, 0.6) is 0 Å². The van der Waals surface area contributed by atoms with Crippen LogP contribution in [0.1, 0.15) is 27.7 Å². The van der Waals surface area contributed by atoms with Crippen molar-refractivity contribution in [3.8, 4) is 0 Å². The molecule has 1 rings (SSSR count). The van der Waals surface area contributed by atoms with Gasteiger partial charge in [0, 0.05) is 0 Å². The molecule has 0 fully saturated rings. The number of thiocarbonyl (C=S) groups is 1. The van der Waals surface area contributed by atoms with Crippen molar-refractivity contribution in [3.05, 3.63) is 12.3 Å². The Morgan fingerprint density at radius 3 is 2.45 bits per heavy atom. The topological polar surface area (TPSA) is 27.7 Å². The van der Waals surface area contributed by atoms with E-state index >= 15 is 0 Å². The Bertz CT molecular complexity index is 377. The normalized spacial score (nSPS) is 27.1. The van der Waals surface area contributed by atoms with Gasteiger partial charge < -0.3 is 13.9 Å². The van der Waals surface area contributed by atoms with E-state index in [0.29, 0.717) is 4.38 Å². The zero-order valence-electron chi connectivity index (χ0n) is 13.4. The fourth-order valence-electron chi connectivity index (χ4n) is 1.65. The third-order valence-electron chi connectivity index (χ3n) is 3.98. The summed E-state index contributed by atoms with van der Waals surface area (Å²) in [4.78, 5) is 0. The molecule has 1 aliphatic rings. The molecule has 6 heteroatoms. The molecular weight excluding hydrogens is 308 g/mol. The number of rotatable bonds is 3. The second kappa shape index (κ2) is 6.81. The molecule has 20 heavy (non-hydrogen) atoms. The maximum absolute atomic E-state index is 6.45. The average molecular weight is 335 g/mol. The maximum atomic E-state index is 6.45. The molecule has 3 nitrogen and oxygen atoms in total. The van der Waals surface area contributed by atoms with Crippen LogP contribution in [0.15, 0.2) is 12.3 Å². The van der Waals surface area contributed by atoms with Crippen molar-refractivity contribution < 1.29 is 13.9 Å². The van der Waals surface area contributed by atoms with Crippen LogP contribution in [0.4, 0.5) is 0 Å². The lowest BCUT2D eigenvalue weighted by Gasteiger charge is -2.42. The van der Waals surface area contributed by atoms with Crippen molar-refractivity contribution in [3.63, 3.8) is 0 Å². The van der Waals surface area contributed by atoms with Crippen molar-refractivity contribution in [2.45, 2.75) is 64.1 Å². The lowest BCUT2D eigenvalue weighted by Crippen LogP contribution is -2.51. The average Bonchev–Trinajstić information content (AvgIpc) is 2.31. The largest absolute Gasteiger partial charge is 0.495 e. The van der Waals surface area contributed by atoms with Crippen LogP contribution in [0.25, 0.3) is 0 Å². The molecule has 0 aromatic heterocycles. The van der Waals surface area contributed by atoms with E-state index in [1.807, 2.05) is 19.3 Å². The Morgan fingerprint density at radius 2 is 1.95 bits per heavy atom. The molecule has 0 amide bonds. The number of ether oxygens (including phenoxy) is 2. The quantitative estimate of drug-likeness (QED) is 0.565. The summed E-state index contributed by atoms with van der Waals surface area (Å²) in [5.74, 6) is 0. The van der Waals surface area contributed by atoms with Gasteiger partial charge in [-0.3, -0.25) is 0 Å². The van der Waals surface area contributed by atoms with Crippen LogP contribution in [0, 0.1) is 0 Å². The van der Waals surface area contributed by atoms with Crippen molar-refractivity contribution in [2.24, 2.45) is 0 Å². The summed E-state index contributed by atoms with van der Waals surface area (Å²) in [6.45, 7) is 13.2. The van der Waals surface area contributed by atoms with E-state index in [1.54, 1.807) is 6.26 Å². The molecule has 1 heterocycles. The molecular formula is C14H26O3S2Si. The van der Waals surface area contributed by atoms with E-state index in [9.17, 15) is 0 Å². The van der Waals surface area contributed by atoms with Crippen molar-refractivity contribution in [2.75, 3.05) is 6.26 Å². The van der Waals surface area contributed by atoms with Crippen LogP contribution >= 0.6 is 24.0 Å². The molecule has 0 N–H and O–H groups in total. The van der Waals surface area contributed by atoms with Gasteiger partial charge in [0.15, 0.2) is 14.4 Å². The highest BCUT2D eigenvalue weighted by Crippen LogP contribution is 2.38. The molecule has 1 aliphatic heterocycles. The molecule has 0 radical (unpaired) electrons. The molecule has 0 saturated carbocycles. The van der Waals surface area contributed by atoms with Gasteiger partial charge in [-0.2, -0.15) is 0 Å². The molecule has 0 saturated heterocycles. The standard InChI is InChI=1S/C14H26O3S2Si/c1-10-12(16-13(18)19-5)11(8-9-15-10)17-20(6,7)14(2,3)4/h8-12H,1-7H3/t10-,11-,12-/m0/s1. The molecule has 0 aromatic carbocycles. The van der Waals surface area contributed by atoms with Crippen LogP contribution in [0.2, 0.25) is 18.1 Å². The summed E-state index contributed by atoms with van der Waals surface area (Å²) >= 11 is 6.61. The van der Waals surface area contributed by atoms with Crippen LogP contribution in [0.3, 0.4) is 0 Å². The Hall–Kier alpha value is -0.0431. The molecule has 0 bridgehead atoms. The monoisotopic (exact) mass is 334 g/mol. The highest BCUT2D eigenvalue weighted by molar-refractivity contribution is 8.22. The molecule has 0 unspecified atom stereocenters. The van der Waals surface area contributed by atoms with Gasteiger partial charge in [0.25, 0.3) is 0 Å². The van der Waals surface area contributed by atoms with E-state index in [4.69, 9.17) is 26.1 Å². The van der Waals surface area contributed by atoms with Crippen molar-refractivity contribution >= 4 is 36.7 Å². The fraction of sp³-hybridized carbons (Fsp3) is 0.786. The predicted octanol–water partition coefficient (Wildman–Crippen LogP) is 4.34. The first-order chi connectivity index (χ1) is 9.08. The number of hydrogen-bond donors (Lipinski definition) is 0. The zero-order chi connectivity index (χ0) is 15.6. The Labute approximate surface area is 133 Å². The highest BCUT2D eigenvalue weighted by Gasteiger charge is 2.43. The van der Waals surface area contributed by atoms with Gasteiger partial charge in [-0.05, 0) is 49.6 Å². The summed E-state index contributed by atoms with van der Waals surface area (Å²) in [5, 5.41) is 0.160. The minimum absolute atomic E-state index is 0.0696. The molecule has 0 aromatic rings. The minimum Gasteiger partial charge on any atom is -0.495 e. The van der Waals surface area contributed by atoms with Crippen molar-refractivity contribution in [1.82, 2.24) is 0 Å². The van der Waals surface area contributed by atoms with Gasteiger partial charge in [-0.1, -0.05) is 32.5 Å². The summed E-state index contributed by atoms with van der Waals surface area (Å²) < 4.78 is 18.3. The summed E-state index contributed by atoms with van der Waals surface area (Å²) in [5.41, 5.74) is 0. The van der Waals surface area contributed by atoms with Crippen LogP contribution in [-0.2, 0) is 13.9 Å². The SMILES string of the molecule is CSC(=S)O[C@H]1[C@H](C)OC=C[C@@H]1O[Si](C)(C)C(C)(C)C. The van der Waals surface area contributed by atoms with Gasteiger partial charge in [-0.25, -0.2) is 0 Å². The molecule has 3 atom stereocenters. The van der Waals surface area contributed by atoms with Gasteiger partial charge in [0.1, 0.15) is 12.2 Å². The van der Waals surface area contributed by atoms with E-state index in [2.05, 4.69) is 33.9 Å². The molecule has 0 aliphatic carbocycles. The second-order valence-electron chi connectivity index (χ2n) is 6.55. The third-order valence-corrected chi connectivity index (χ3v) is 9.48. The van der Waals surface area contributed by atoms with Crippen LogP contribution in [-0.4, -0.2) is 37.3 Å². The maximum Gasteiger partial charge on any atom is 0.220 e. The lowest BCUT2D eigenvalue weighted by atomic mass is 10.1.